The largest absolute Gasteiger partial charge is 0.496 e. The Bertz CT molecular complexity index is 390. The van der Waals surface area contributed by atoms with Gasteiger partial charge in [-0.1, -0.05) is 32.0 Å². The molecule has 1 rings (SSSR count). The zero-order chi connectivity index (χ0) is 13.5. The van der Waals surface area contributed by atoms with Crippen LogP contribution in [0.25, 0.3) is 0 Å². The lowest BCUT2D eigenvalue weighted by Crippen LogP contribution is -2.35. The zero-order valence-electron chi connectivity index (χ0n) is 11.1. The van der Waals surface area contributed by atoms with Crippen molar-refractivity contribution in [2.45, 2.75) is 26.4 Å². The minimum absolute atomic E-state index is 0.112. The van der Waals surface area contributed by atoms with Crippen LogP contribution in [0, 0.1) is 5.92 Å². The molecule has 0 heterocycles. The van der Waals surface area contributed by atoms with Crippen LogP contribution in [0.15, 0.2) is 24.3 Å². The molecule has 0 radical (unpaired) electrons. The summed E-state index contributed by atoms with van der Waals surface area (Å²) >= 11 is 0. The Balaban J connectivity index is 2.49. The van der Waals surface area contributed by atoms with Crippen molar-refractivity contribution < 1.29 is 14.6 Å². The molecule has 18 heavy (non-hydrogen) atoms. The summed E-state index contributed by atoms with van der Waals surface area (Å²) in [5, 5.41) is 12.3. The van der Waals surface area contributed by atoms with Gasteiger partial charge in [0.15, 0.2) is 0 Å². The minimum atomic E-state index is -0.508. The molecule has 4 nitrogen and oxygen atoms in total. The molecule has 100 valence electrons. The predicted molar refractivity (Wildman–Crippen MR) is 70.6 cm³/mol. The van der Waals surface area contributed by atoms with Crippen LogP contribution in [0.5, 0.6) is 5.75 Å². The molecule has 1 atom stereocenters. The molecular formula is C14H21NO3. The van der Waals surface area contributed by atoms with Gasteiger partial charge in [0.05, 0.1) is 19.6 Å². The van der Waals surface area contributed by atoms with Crippen molar-refractivity contribution in [1.29, 1.82) is 0 Å². The van der Waals surface area contributed by atoms with Crippen LogP contribution in [0.3, 0.4) is 0 Å². The minimum Gasteiger partial charge on any atom is -0.496 e. The maximum atomic E-state index is 11.7. The molecule has 0 spiro atoms. The van der Waals surface area contributed by atoms with Gasteiger partial charge in [0.2, 0.25) is 5.91 Å². The first kappa shape index (κ1) is 14.5. The summed E-state index contributed by atoms with van der Waals surface area (Å²) in [6.45, 7) is 4.11. The predicted octanol–water partition coefficient (Wildman–Crippen LogP) is 1.37. The molecule has 0 aromatic heterocycles. The van der Waals surface area contributed by atoms with Crippen LogP contribution in [0.1, 0.15) is 19.4 Å². The van der Waals surface area contributed by atoms with Gasteiger partial charge in [-0.15, -0.1) is 0 Å². The molecule has 0 bridgehead atoms. The molecule has 0 saturated heterocycles. The summed E-state index contributed by atoms with van der Waals surface area (Å²) in [6, 6.07) is 7.42. The van der Waals surface area contributed by atoms with Crippen molar-refractivity contribution in [2.75, 3.05) is 13.7 Å². The Morgan fingerprint density at radius 1 is 1.39 bits per heavy atom. The Morgan fingerprint density at radius 3 is 2.67 bits per heavy atom. The van der Waals surface area contributed by atoms with Crippen LogP contribution in [-0.2, 0) is 11.2 Å². The standard InChI is InChI=1S/C14H21NO3/c1-10(2)12(16)9-15-14(17)8-11-6-4-5-7-13(11)18-3/h4-7,10,12,16H,8-9H2,1-3H3,(H,15,17). The third kappa shape index (κ3) is 4.37. The summed E-state index contributed by atoms with van der Waals surface area (Å²) in [6.07, 6.45) is -0.249. The number of carbonyl (C=O) groups is 1. The van der Waals surface area contributed by atoms with Gasteiger partial charge in [-0.05, 0) is 12.0 Å². The second kappa shape index (κ2) is 7.01. The average molecular weight is 251 g/mol. The fourth-order valence-electron chi connectivity index (χ4n) is 1.54. The molecule has 0 fully saturated rings. The van der Waals surface area contributed by atoms with Crippen molar-refractivity contribution >= 4 is 5.91 Å². The van der Waals surface area contributed by atoms with Crippen LogP contribution >= 0.6 is 0 Å². The van der Waals surface area contributed by atoms with Gasteiger partial charge in [0.25, 0.3) is 0 Å². The number of methoxy groups -OCH3 is 1. The number of hydrogen-bond acceptors (Lipinski definition) is 3. The third-order valence-electron chi connectivity index (χ3n) is 2.82. The van der Waals surface area contributed by atoms with Gasteiger partial charge in [-0.2, -0.15) is 0 Å². The van der Waals surface area contributed by atoms with E-state index in [9.17, 15) is 9.90 Å². The zero-order valence-corrected chi connectivity index (χ0v) is 11.1. The van der Waals surface area contributed by atoms with Gasteiger partial charge < -0.3 is 15.2 Å². The molecule has 0 aliphatic carbocycles. The highest BCUT2D eigenvalue weighted by Gasteiger charge is 2.12. The quantitative estimate of drug-likeness (QED) is 0.803. The number of rotatable bonds is 6. The molecule has 0 aliphatic rings. The fraction of sp³-hybridized carbons (Fsp3) is 0.500. The topological polar surface area (TPSA) is 58.6 Å². The van der Waals surface area contributed by atoms with E-state index in [2.05, 4.69) is 5.32 Å². The van der Waals surface area contributed by atoms with Gasteiger partial charge in [0.1, 0.15) is 5.75 Å². The highest BCUT2D eigenvalue weighted by atomic mass is 16.5. The van der Waals surface area contributed by atoms with Gasteiger partial charge >= 0.3 is 0 Å². The van der Waals surface area contributed by atoms with Crippen LogP contribution in [-0.4, -0.2) is 30.8 Å². The van der Waals surface area contributed by atoms with Gasteiger partial charge in [0, 0.05) is 12.1 Å². The molecular weight excluding hydrogens is 230 g/mol. The highest BCUT2D eigenvalue weighted by molar-refractivity contribution is 5.79. The van der Waals surface area contributed by atoms with E-state index in [0.717, 1.165) is 5.56 Å². The SMILES string of the molecule is COc1ccccc1CC(=O)NCC(O)C(C)C. The second-order valence-electron chi connectivity index (χ2n) is 4.60. The van der Waals surface area contributed by atoms with E-state index >= 15 is 0 Å². The Morgan fingerprint density at radius 2 is 2.06 bits per heavy atom. The van der Waals surface area contributed by atoms with E-state index in [-0.39, 0.29) is 24.8 Å². The number of nitrogens with one attached hydrogen (secondary N) is 1. The lowest BCUT2D eigenvalue weighted by atomic mass is 10.1. The number of hydrogen-bond donors (Lipinski definition) is 2. The van der Waals surface area contributed by atoms with Crippen LogP contribution in [0.4, 0.5) is 0 Å². The first-order valence-electron chi connectivity index (χ1n) is 6.11. The Kier molecular flexibility index (Phi) is 5.65. The van der Waals surface area contributed by atoms with Crippen LogP contribution in [0.2, 0.25) is 0 Å². The van der Waals surface area contributed by atoms with Gasteiger partial charge in [-0.25, -0.2) is 0 Å². The van der Waals surface area contributed by atoms with Crippen molar-refractivity contribution in [2.24, 2.45) is 5.92 Å². The number of aliphatic hydroxyl groups excluding tert-OH is 1. The monoisotopic (exact) mass is 251 g/mol. The number of ether oxygens (including phenoxy) is 1. The lowest BCUT2D eigenvalue weighted by Gasteiger charge is -2.15. The summed E-state index contributed by atoms with van der Waals surface area (Å²) in [7, 11) is 1.58. The lowest BCUT2D eigenvalue weighted by molar-refractivity contribution is -0.121. The summed E-state index contributed by atoms with van der Waals surface area (Å²) in [4.78, 5) is 11.7. The fourth-order valence-corrected chi connectivity index (χ4v) is 1.54. The van der Waals surface area contributed by atoms with Crippen molar-refractivity contribution in [1.82, 2.24) is 5.32 Å². The average Bonchev–Trinajstić information content (AvgIpc) is 2.36. The number of carbonyl (C=O) groups excluding carboxylic acids is 1. The first-order chi connectivity index (χ1) is 8.54. The molecule has 0 aliphatic heterocycles. The van der Waals surface area contributed by atoms with Crippen molar-refractivity contribution in [3.05, 3.63) is 29.8 Å². The molecule has 1 aromatic carbocycles. The maximum Gasteiger partial charge on any atom is 0.224 e. The molecule has 1 amide bonds. The summed E-state index contributed by atoms with van der Waals surface area (Å²) < 4.78 is 5.18. The second-order valence-corrected chi connectivity index (χ2v) is 4.60. The summed E-state index contributed by atoms with van der Waals surface area (Å²) in [5.74, 6) is 0.729. The third-order valence-corrected chi connectivity index (χ3v) is 2.82. The van der Waals surface area contributed by atoms with E-state index in [0.29, 0.717) is 5.75 Å². The highest BCUT2D eigenvalue weighted by Crippen LogP contribution is 2.17. The normalized spacial score (nSPS) is 12.3. The Labute approximate surface area is 108 Å². The number of para-hydroxylation sites is 1. The van der Waals surface area contributed by atoms with Crippen LogP contribution < -0.4 is 10.1 Å². The molecule has 4 heteroatoms. The number of benzene rings is 1. The van der Waals surface area contributed by atoms with E-state index in [1.165, 1.54) is 0 Å². The molecule has 1 aromatic rings. The Hall–Kier alpha value is -1.55. The molecule has 0 saturated carbocycles. The van der Waals surface area contributed by atoms with E-state index in [1.54, 1.807) is 7.11 Å². The van der Waals surface area contributed by atoms with Crippen molar-refractivity contribution in [3.8, 4) is 5.75 Å². The number of amides is 1. The molecule has 1 unspecified atom stereocenters. The number of aliphatic hydroxyl groups is 1. The molecule has 2 N–H and O–H groups in total. The van der Waals surface area contributed by atoms with E-state index in [4.69, 9.17) is 4.74 Å². The maximum absolute atomic E-state index is 11.7. The van der Waals surface area contributed by atoms with E-state index in [1.807, 2.05) is 38.1 Å². The van der Waals surface area contributed by atoms with E-state index < -0.39 is 6.10 Å². The summed E-state index contributed by atoms with van der Waals surface area (Å²) in [5.41, 5.74) is 0.844. The first-order valence-corrected chi connectivity index (χ1v) is 6.11. The smallest absolute Gasteiger partial charge is 0.224 e. The van der Waals surface area contributed by atoms with Gasteiger partial charge in [-0.3, -0.25) is 4.79 Å². The van der Waals surface area contributed by atoms with Crippen molar-refractivity contribution in [3.63, 3.8) is 0 Å².